The predicted octanol–water partition coefficient (Wildman–Crippen LogP) is 3.75. The van der Waals surface area contributed by atoms with Crippen molar-refractivity contribution in [1.82, 2.24) is 4.31 Å². The Bertz CT molecular complexity index is 910. The normalized spacial score (nSPS) is 37.7. The summed E-state index contributed by atoms with van der Waals surface area (Å²) in [6.45, 7) is 5.15. The molecule has 0 N–H and O–H groups in total. The number of benzene rings is 2. The van der Waals surface area contributed by atoms with Gasteiger partial charge in [0, 0.05) is 12.3 Å². The Morgan fingerprint density at radius 3 is 2.59 bits per heavy atom. The van der Waals surface area contributed by atoms with Gasteiger partial charge in [0.05, 0.1) is 19.2 Å². The summed E-state index contributed by atoms with van der Waals surface area (Å²) in [6, 6.07) is 16.5. The molecule has 5 rings (SSSR count). The third kappa shape index (κ3) is 2.71. The van der Waals surface area contributed by atoms with Crippen LogP contribution in [0.25, 0.3) is 0 Å². The van der Waals surface area contributed by atoms with E-state index in [0.29, 0.717) is 25.4 Å². The molecular weight excluding hydrogens is 358 g/mol. The smallest absolute Gasteiger partial charge is 0.170 e. The maximum Gasteiger partial charge on any atom is 0.170 e. The van der Waals surface area contributed by atoms with Gasteiger partial charge in [-0.1, -0.05) is 63.9 Å². The van der Waals surface area contributed by atoms with E-state index >= 15 is 0 Å². The van der Waals surface area contributed by atoms with Gasteiger partial charge in [-0.05, 0) is 31.4 Å². The van der Waals surface area contributed by atoms with Gasteiger partial charge in [0.15, 0.2) is 5.25 Å². The van der Waals surface area contributed by atoms with Crippen LogP contribution in [0.1, 0.15) is 41.0 Å². The molecule has 0 radical (unpaired) electrons. The van der Waals surface area contributed by atoms with Crippen LogP contribution in [0, 0.1) is 13.8 Å². The molecule has 2 aromatic rings. The number of sulfonamides is 1. The molecule has 1 spiro atoms. The molecule has 0 saturated carbocycles. The van der Waals surface area contributed by atoms with Crippen LogP contribution < -0.4 is 0 Å². The lowest BCUT2D eigenvalue weighted by Crippen LogP contribution is -2.41. The van der Waals surface area contributed by atoms with Crippen LogP contribution in [0.5, 0.6) is 0 Å². The average molecular weight is 384 g/mol. The van der Waals surface area contributed by atoms with Gasteiger partial charge in [0.25, 0.3) is 0 Å². The lowest BCUT2D eigenvalue weighted by molar-refractivity contribution is 0.0107. The summed E-state index contributed by atoms with van der Waals surface area (Å²) >= 11 is 0. The first-order valence-corrected chi connectivity index (χ1v) is 11.2. The molecule has 142 valence electrons. The quantitative estimate of drug-likeness (QED) is 0.759. The van der Waals surface area contributed by atoms with Crippen molar-refractivity contribution >= 4 is 10.4 Å². The van der Waals surface area contributed by atoms with Crippen LogP contribution in [-0.2, 0) is 25.9 Å². The summed E-state index contributed by atoms with van der Waals surface area (Å²) in [4.78, 5) is 0. The maximum atomic E-state index is 13.2. The standard InChI is InChI=1S/C22H25NO3S/c1-15-8-16(2)10-18(9-15)19-12-22-14-23(13-17-6-4-3-5-7-17)27(24,25)21(22)11-20(19)26-22/h3-10,19-21H,11-14H2,1-2H3/t19-,20+,21-,22+/m1/s1. The second-order valence-corrected chi connectivity index (χ2v) is 10.6. The number of ether oxygens (including phenoxy) is 1. The highest BCUT2D eigenvalue weighted by atomic mass is 32.3. The third-order valence-electron chi connectivity index (χ3n) is 6.47. The number of aryl methyl sites for hydroxylation is 2. The Morgan fingerprint density at radius 2 is 1.89 bits per heavy atom. The van der Waals surface area contributed by atoms with Gasteiger partial charge in [0.1, 0.15) is 16.0 Å². The molecule has 5 heteroatoms. The van der Waals surface area contributed by atoms with Crippen LogP contribution in [-0.4, -0.2) is 32.4 Å². The summed E-state index contributed by atoms with van der Waals surface area (Å²) in [7, 11) is -3.32. The Kier molecular flexibility index (Phi) is 3.89. The summed E-state index contributed by atoms with van der Waals surface area (Å²) in [5.74, 6) is 0.298. The van der Waals surface area contributed by atoms with Gasteiger partial charge < -0.3 is 9.29 Å². The van der Waals surface area contributed by atoms with Crippen molar-refractivity contribution in [1.29, 1.82) is 0 Å². The molecule has 0 aromatic heterocycles. The summed E-state index contributed by atoms with van der Waals surface area (Å²) in [5, 5.41) is -0.388. The molecule has 5 atom stereocenters. The SMILES string of the molecule is Cc1cc(C)cc([C@H]2C[C@]34CN(Cc5ccccc5)[S+](=O)([O-])[C@@H]3C[C@@H]2O4)c1. The van der Waals surface area contributed by atoms with Gasteiger partial charge >= 0.3 is 0 Å². The number of fused-ring (bicyclic) bond motifs is 1. The summed E-state index contributed by atoms with van der Waals surface area (Å²) < 4.78 is 34.4. The lowest BCUT2D eigenvalue weighted by Gasteiger charge is -2.28. The molecule has 4 nitrogen and oxygen atoms in total. The van der Waals surface area contributed by atoms with Crippen molar-refractivity contribution in [3.05, 3.63) is 70.8 Å². The van der Waals surface area contributed by atoms with E-state index in [1.807, 2.05) is 30.3 Å². The van der Waals surface area contributed by atoms with Crippen molar-refractivity contribution in [2.24, 2.45) is 0 Å². The van der Waals surface area contributed by atoms with Crippen molar-refractivity contribution in [2.45, 2.75) is 56.1 Å². The van der Waals surface area contributed by atoms with E-state index in [4.69, 9.17) is 4.74 Å². The van der Waals surface area contributed by atoms with Gasteiger partial charge in [0.2, 0.25) is 0 Å². The summed E-state index contributed by atoms with van der Waals surface area (Å²) in [5.41, 5.74) is 4.29. The van der Waals surface area contributed by atoms with E-state index in [9.17, 15) is 8.76 Å². The zero-order chi connectivity index (χ0) is 18.8. The molecular formula is C22H25NO3S. The van der Waals surface area contributed by atoms with Crippen molar-refractivity contribution in [2.75, 3.05) is 6.54 Å². The number of hydrogen-bond donors (Lipinski definition) is 0. The van der Waals surface area contributed by atoms with Crippen LogP contribution in [0.4, 0.5) is 0 Å². The van der Waals surface area contributed by atoms with E-state index in [1.165, 1.54) is 16.7 Å². The minimum atomic E-state index is -3.32. The van der Waals surface area contributed by atoms with Crippen LogP contribution >= 0.6 is 0 Å². The molecule has 27 heavy (non-hydrogen) atoms. The van der Waals surface area contributed by atoms with E-state index in [1.54, 1.807) is 4.31 Å². The predicted molar refractivity (Wildman–Crippen MR) is 105 cm³/mol. The fraction of sp³-hybridized carbons (Fsp3) is 0.455. The van der Waals surface area contributed by atoms with E-state index in [-0.39, 0.29) is 11.4 Å². The highest BCUT2D eigenvalue weighted by Gasteiger charge is 2.71. The zero-order valence-electron chi connectivity index (χ0n) is 15.8. The first-order valence-electron chi connectivity index (χ1n) is 9.66. The fourth-order valence-electron chi connectivity index (χ4n) is 5.44. The van der Waals surface area contributed by atoms with E-state index in [0.717, 1.165) is 12.0 Å². The van der Waals surface area contributed by atoms with Crippen LogP contribution in [0.3, 0.4) is 0 Å². The molecule has 3 aliphatic heterocycles. The monoisotopic (exact) mass is 383 g/mol. The average Bonchev–Trinajstić information content (AvgIpc) is 3.22. The van der Waals surface area contributed by atoms with E-state index in [2.05, 4.69) is 32.0 Å². The second-order valence-electron chi connectivity index (χ2n) is 8.48. The highest BCUT2D eigenvalue weighted by Crippen LogP contribution is 2.58. The largest absolute Gasteiger partial charge is 0.597 e. The van der Waals surface area contributed by atoms with Crippen molar-refractivity contribution < 1.29 is 13.5 Å². The van der Waals surface area contributed by atoms with Gasteiger partial charge in [-0.15, -0.1) is 4.31 Å². The Hall–Kier alpha value is -1.53. The number of rotatable bonds is 3. The molecule has 3 saturated heterocycles. The third-order valence-corrected chi connectivity index (χ3v) is 8.79. The van der Waals surface area contributed by atoms with Crippen molar-refractivity contribution in [3.63, 3.8) is 0 Å². The molecule has 2 bridgehead atoms. The molecule has 3 fully saturated rings. The molecule has 3 aliphatic rings. The van der Waals surface area contributed by atoms with Gasteiger partial charge in [-0.2, -0.15) is 0 Å². The van der Waals surface area contributed by atoms with Crippen LogP contribution in [0.15, 0.2) is 48.5 Å². The Morgan fingerprint density at radius 1 is 1.19 bits per heavy atom. The first kappa shape index (κ1) is 17.6. The van der Waals surface area contributed by atoms with Gasteiger partial charge in [-0.25, -0.2) is 0 Å². The minimum absolute atomic E-state index is 0.0184. The molecule has 2 aromatic carbocycles. The molecule has 3 heterocycles. The number of hydrogen-bond acceptors (Lipinski definition) is 3. The Labute approximate surface area is 161 Å². The lowest BCUT2D eigenvalue weighted by atomic mass is 9.77. The highest BCUT2D eigenvalue weighted by molar-refractivity contribution is 7.96. The summed E-state index contributed by atoms with van der Waals surface area (Å²) in [6.07, 6.45) is 1.44. The van der Waals surface area contributed by atoms with Crippen LogP contribution in [0.2, 0.25) is 0 Å². The molecule has 0 aliphatic carbocycles. The minimum Gasteiger partial charge on any atom is -0.597 e. The zero-order valence-corrected chi connectivity index (χ0v) is 16.6. The van der Waals surface area contributed by atoms with Crippen molar-refractivity contribution in [3.8, 4) is 0 Å². The maximum absolute atomic E-state index is 13.2. The Balaban J connectivity index is 1.43. The second kappa shape index (κ2) is 5.98. The molecule has 0 amide bonds. The fourth-order valence-corrected chi connectivity index (χ4v) is 7.72. The number of nitrogens with zero attached hydrogens (tertiary/aromatic N) is 1. The molecule has 1 unspecified atom stereocenters. The van der Waals surface area contributed by atoms with E-state index < -0.39 is 16.0 Å². The van der Waals surface area contributed by atoms with Gasteiger partial charge in [-0.3, -0.25) is 0 Å². The topological polar surface area (TPSA) is 52.6 Å². The first-order chi connectivity index (χ1) is 12.9.